The molecule has 1 heterocycles. The van der Waals surface area contributed by atoms with Gasteiger partial charge in [0.15, 0.2) is 6.20 Å². The van der Waals surface area contributed by atoms with Gasteiger partial charge in [-0.3, -0.25) is 0 Å². The Hall–Kier alpha value is -1.00. The fourth-order valence-corrected chi connectivity index (χ4v) is 0.326. The zero-order valence-corrected chi connectivity index (χ0v) is 3.66. The molecule has 0 amide bonds. The first-order valence-electron chi connectivity index (χ1n) is 1.82. The van der Waals surface area contributed by atoms with E-state index in [-0.39, 0.29) is 0 Å². The van der Waals surface area contributed by atoms with E-state index in [2.05, 4.69) is 0 Å². The largest absolute Gasteiger partial charge is 0.483 e. The van der Waals surface area contributed by atoms with Gasteiger partial charge in [-0.1, -0.05) is 0 Å². The summed E-state index contributed by atoms with van der Waals surface area (Å²) in [5.41, 5.74) is 0. The number of rotatable bonds is 0. The van der Waals surface area contributed by atoms with Gasteiger partial charge >= 0.3 is 12.0 Å². The molecule has 0 fully saturated rings. The Labute approximate surface area is 42.5 Å². The second-order valence-corrected chi connectivity index (χ2v) is 1.18. The van der Waals surface area contributed by atoms with Gasteiger partial charge in [-0.15, -0.1) is 4.39 Å². The van der Waals surface area contributed by atoms with Crippen molar-refractivity contribution in [2.75, 3.05) is 0 Å². The fraction of sp³-hybridized carbons (Fsp3) is 0. The molecular formula is C3H2F3N2+. The number of hydrogen-bond acceptors (Lipinski definition) is 0. The quantitative estimate of drug-likeness (QED) is 0.512. The van der Waals surface area contributed by atoms with E-state index in [0.717, 1.165) is 0 Å². The summed E-state index contributed by atoms with van der Waals surface area (Å²) in [6, 6.07) is 0. The molecule has 0 bridgehead atoms. The van der Waals surface area contributed by atoms with Gasteiger partial charge in [-0.05, 0) is 0 Å². The van der Waals surface area contributed by atoms with Gasteiger partial charge in [0.2, 0.25) is 0 Å². The molecule has 1 aromatic heterocycles. The van der Waals surface area contributed by atoms with Crippen molar-refractivity contribution in [3.8, 4) is 0 Å². The minimum atomic E-state index is -1.34. The van der Waals surface area contributed by atoms with E-state index >= 15 is 0 Å². The van der Waals surface area contributed by atoms with E-state index in [1.54, 1.807) is 4.98 Å². The number of nitrogens with zero attached hydrogens (tertiary/aromatic N) is 1. The lowest BCUT2D eigenvalue weighted by Gasteiger charge is -1.68. The van der Waals surface area contributed by atoms with Gasteiger partial charge in [0.25, 0.3) is 0 Å². The molecule has 1 rings (SSSR count). The van der Waals surface area contributed by atoms with Gasteiger partial charge in [-0.25, -0.2) is 4.98 Å². The van der Waals surface area contributed by atoms with Crippen molar-refractivity contribution in [2.45, 2.75) is 0 Å². The molecule has 1 N–H and O–H groups in total. The Morgan fingerprint density at radius 1 is 1.50 bits per heavy atom. The molecule has 44 valence electrons. The first-order valence-corrected chi connectivity index (χ1v) is 1.82. The van der Waals surface area contributed by atoms with Crippen LogP contribution in [0.4, 0.5) is 13.3 Å². The van der Waals surface area contributed by atoms with Crippen LogP contribution in [0.25, 0.3) is 0 Å². The third kappa shape index (κ3) is 0.556. The van der Waals surface area contributed by atoms with E-state index in [1.165, 1.54) is 0 Å². The van der Waals surface area contributed by atoms with Gasteiger partial charge in [-0.2, -0.15) is 4.39 Å². The molecule has 0 aliphatic carbocycles. The fourth-order valence-electron chi connectivity index (χ4n) is 0.326. The highest BCUT2D eigenvalue weighted by atomic mass is 19.2. The van der Waals surface area contributed by atoms with Crippen molar-refractivity contribution in [1.29, 1.82) is 0 Å². The number of hydrogen-bond donors (Lipinski definition) is 1. The van der Waals surface area contributed by atoms with E-state index in [1.807, 2.05) is 0 Å². The van der Waals surface area contributed by atoms with Crippen LogP contribution in [-0.2, 0) is 0 Å². The highest BCUT2D eigenvalue weighted by Crippen LogP contribution is 1.87. The lowest BCUT2D eigenvalue weighted by molar-refractivity contribution is -0.884. The Morgan fingerprint density at radius 2 is 2.12 bits per heavy atom. The molecule has 0 aliphatic rings. The molecule has 0 saturated heterocycles. The molecule has 2 nitrogen and oxygen atoms in total. The van der Waals surface area contributed by atoms with Crippen molar-refractivity contribution in [3.63, 3.8) is 0 Å². The lowest BCUT2D eigenvalue weighted by Crippen LogP contribution is -2.28. The summed E-state index contributed by atoms with van der Waals surface area (Å²) < 4.78 is 34.9. The first kappa shape index (κ1) is 5.14. The van der Waals surface area contributed by atoms with Crippen molar-refractivity contribution in [2.24, 2.45) is 0 Å². The molecule has 5 heteroatoms. The lowest BCUT2D eigenvalue weighted by atomic mass is 10.9. The second kappa shape index (κ2) is 1.50. The Balaban J connectivity index is 3.19. The molecule has 0 aliphatic heterocycles. The number of aromatic nitrogens is 2. The van der Waals surface area contributed by atoms with Crippen molar-refractivity contribution in [1.82, 2.24) is 4.98 Å². The van der Waals surface area contributed by atoms with Gasteiger partial charge in [0.05, 0.1) is 0 Å². The summed E-state index contributed by atoms with van der Waals surface area (Å²) in [7, 11) is 0. The zero-order valence-electron chi connectivity index (χ0n) is 3.66. The van der Waals surface area contributed by atoms with Crippen LogP contribution in [0.1, 0.15) is 0 Å². The van der Waals surface area contributed by atoms with Crippen molar-refractivity contribution in [3.05, 3.63) is 18.2 Å². The molecular weight excluding hydrogens is 121 g/mol. The van der Waals surface area contributed by atoms with Crippen LogP contribution in [0, 0.1) is 12.0 Å². The van der Waals surface area contributed by atoms with Gasteiger partial charge in [0.1, 0.15) is 0 Å². The van der Waals surface area contributed by atoms with Crippen LogP contribution in [0.15, 0.2) is 6.20 Å². The number of halogens is 3. The van der Waals surface area contributed by atoms with E-state index in [9.17, 15) is 13.3 Å². The summed E-state index contributed by atoms with van der Waals surface area (Å²) >= 11 is 0. The van der Waals surface area contributed by atoms with Crippen LogP contribution in [0.3, 0.4) is 0 Å². The van der Waals surface area contributed by atoms with Crippen LogP contribution >= 0.6 is 0 Å². The Kier molecular flexibility index (Phi) is 0.964. The molecule has 1 aromatic rings. The molecule has 0 radical (unpaired) electrons. The maximum absolute atomic E-state index is 11.7. The summed E-state index contributed by atoms with van der Waals surface area (Å²) in [5.74, 6) is -1.28. The molecule has 0 atom stereocenters. The summed E-state index contributed by atoms with van der Waals surface area (Å²) in [5, 5.41) is 0. The first-order chi connectivity index (χ1) is 3.72. The molecule has 0 spiro atoms. The third-order valence-electron chi connectivity index (χ3n) is 0.670. The Morgan fingerprint density at radius 3 is 2.25 bits per heavy atom. The second-order valence-electron chi connectivity index (χ2n) is 1.18. The number of aromatic amines is 1. The standard InChI is InChI=1S/C3HF3N2/c4-2-1-7-3(5)8(2)6/h1H/p+1. The van der Waals surface area contributed by atoms with Gasteiger partial charge < -0.3 is 0 Å². The highest BCUT2D eigenvalue weighted by Gasteiger charge is 2.16. The predicted octanol–water partition coefficient (Wildman–Crippen LogP) is 0.313. The van der Waals surface area contributed by atoms with E-state index in [4.69, 9.17) is 0 Å². The minimum Gasteiger partial charge on any atom is -0.211 e. The van der Waals surface area contributed by atoms with Crippen LogP contribution in [-0.4, -0.2) is 4.98 Å². The van der Waals surface area contributed by atoms with Crippen LogP contribution < -0.4 is 4.79 Å². The minimum absolute atomic E-state index is 0.579. The maximum atomic E-state index is 11.7. The highest BCUT2D eigenvalue weighted by molar-refractivity contribution is 4.62. The predicted molar refractivity (Wildman–Crippen MR) is 17.4 cm³/mol. The smallest absolute Gasteiger partial charge is 0.211 e. The molecule has 0 aromatic carbocycles. The van der Waals surface area contributed by atoms with Crippen LogP contribution in [0.5, 0.6) is 0 Å². The summed E-state index contributed by atoms with van der Waals surface area (Å²) in [6.07, 6.45) is -0.766. The maximum Gasteiger partial charge on any atom is 0.483 e. The van der Waals surface area contributed by atoms with E-state index in [0.29, 0.717) is 6.20 Å². The molecule has 8 heavy (non-hydrogen) atoms. The number of H-pyrrole nitrogens is 1. The third-order valence-corrected chi connectivity index (χ3v) is 0.670. The topological polar surface area (TPSA) is 19.7 Å². The number of nitrogens with one attached hydrogen (secondary N) is 1. The average molecular weight is 123 g/mol. The monoisotopic (exact) mass is 123 g/mol. The average Bonchev–Trinajstić information content (AvgIpc) is 1.98. The summed E-state index contributed by atoms with van der Waals surface area (Å²) in [4.78, 5) is 0.961. The zero-order chi connectivity index (χ0) is 6.15. The Bertz CT molecular complexity index is 175. The van der Waals surface area contributed by atoms with Crippen molar-refractivity contribution >= 4 is 0 Å². The molecule has 0 unspecified atom stereocenters. The molecule has 0 saturated carbocycles. The van der Waals surface area contributed by atoms with Crippen molar-refractivity contribution < 1.29 is 18.1 Å². The number of imidazole rings is 1. The SMILES string of the molecule is Fc1c[nH]c(F)[n+]1F. The normalized spacial score (nSPS) is 9.88. The van der Waals surface area contributed by atoms with Crippen LogP contribution in [0.2, 0.25) is 0 Å². The van der Waals surface area contributed by atoms with Gasteiger partial charge in [0, 0.05) is 9.27 Å². The van der Waals surface area contributed by atoms with E-state index < -0.39 is 16.8 Å². The summed E-state index contributed by atoms with van der Waals surface area (Å²) in [6.45, 7) is 0.